The van der Waals surface area contributed by atoms with Crippen LogP contribution in [0.1, 0.15) is 5.56 Å². The van der Waals surface area contributed by atoms with Crippen LogP contribution in [0.5, 0.6) is 11.5 Å². The van der Waals surface area contributed by atoms with Crippen LogP contribution in [-0.4, -0.2) is 49.5 Å². The Hall–Kier alpha value is -4.42. The lowest BCUT2D eigenvalue weighted by atomic mass is 10.1. The molecule has 0 unspecified atom stereocenters. The monoisotopic (exact) mass is 415 g/mol. The van der Waals surface area contributed by atoms with Gasteiger partial charge in [-0.05, 0) is 41.6 Å². The van der Waals surface area contributed by atoms with E-state index in [1.807, 2.05) is 0 Å². The van der Waals surface area contributed by atoms with Crippen molar-refractivity contribution in [1.82, 2.24) is 25.6 Å². The molecule has 0 aliphatic carbocycles. The van der Waals surface area contributed by atoms with Crippen LogP contribution in [0, 0.1) is 15.9 Å². The summed E-state index contributed by atoms with van der Waals surface area (Å²) in [5.74, 6) is -1.55. The maximum Gasteiger partial charge on any atom is 0.323 e. The number of nitrogens with zero attached hydrogens (tertiary/aromatic N) is 6. The van der Waals surface area contributed by atoms with Gasteiger partial charge in [0.1, 0.15) is 12.4 Å². The number of nitrogens with one attached hydrogen (secondary N) is 1. The van der Waals surface area contributed by atoms with E-state index in [1.54, 1.807) is 0 Å². The van der Waals surface area contributed by atoms with Gasteiger partial charge in [-0.2, -0.15) is 9.90 Å². The number of benzene rings is 2. The van der Waals surface area contributed by atoms with Gasteiger partial charge < -0.3 is 9.84 Å². The Balaban J connectivity index is 1.66. The summed E-state index contributed by atoms with van der Waals surface area (Å²) >= 11 is 0. The lowest BCUT2D eigenvalue weighted by Crippen LogP contribution is -2.24. The highest BCUT2D eigenvalue weighted by Gasteiger charge is 2.23. The summed E-state index contributed by atoms with van der Waals surface area (Å²) in [6.07, 6.45) is 1.04. The van der Waals surface area contributed by atoms with E-state index in [1.165, 1.54) is 43.5 Å². The molecule has 0 saturated carbocycles. The number of hydrogen-bond acceptors (Lipinski definition) is 9. The number of tetrazole rings is 1. The maximum atomic E-state index is 13.0. The van der Waals surface area contributed by atoms with Crippen LogP contribution >= 0.6 is 0 Å². The molecule has 0 radical (unpaired) electrons. The molecule has 1 aromatic heterocycles. The van der Waals surface area contributed by atoms with Crippen LogP contribution in [0.2, 0.25) is 0 Å². The molecular formula is C17H14FN7O5. The number of ether oxygens (including phenoxy) is 1. The zero-order valence-electron chi connectivity index (χ0n) is 15.4. The molecule has 0 spiro atoms. The van der Waals surface area contributed by atoms with Gasteiger partial charge in [-0.3, -0.25) is 14.9 Å². The van der Waals surface area contributed by atoms with Crippen molar-refractivity contribution < 1.29 is 24.0 Å². The molecule has 3 rings (SSSR count). The zero-order chi connectivity index (χ0) is 21.7. The third-order valence-electron chi connectivity index (χ3n) is 3.76. The fourth-order valence-electron chi connectivity index (χ4n) is 2.43. The minimum absolute atomic E-state index is 0.00688. The molecule has 1 heterocycles. The molecule has 12 nitrogen and oxygen atoms in total. The molecule has 0 atom stereocenters. The Morgan fingerprint density at radius 1 is 1.37 bits per heavy atom. The fourth-order valence-corrected chi connectivity index (χ4v) is 2.43. The van der Waals surface area contributed by atoms with Gasteiger partial charge >= 0.3 is 5.69 Å². The van der Waals surface area contributed by atoms with E-state index in [0.717, 1.165) is 11.0 Å². The normalized spacial score (nSPS) is 10.9. The summed E-state index contributed by atoms with van der Waals surface area (Å²) in [4.78, 5) is 23.5. The second-order valence-corrected chi connectivity index (χ2v) is 5.76. The molecule has 154 valence electrons. The Kier molecular flexibility index (Phi) is 5.91. The van der Waals surface area contributed by atoms with Gasteiger partial charge in [-0.1, -0.05) is 0 Å². The highest BCUT2D eigenvalue weighted by Crippen LogP contribution is 2.37. The van der Waals surface area contributed by atoms with E-state index >= 15 is 0 Å². The molecule has 0 fully saturated rings. The molecule has 0 aliphatic heterocycles. The lowest BCUT2D eigenvalue weighted by molar-refractivity contribution is -0.386. The Morgan fingerprint density at radius 2 is 2.10 bits per heavy atom. The minimum atomic E-state index is -0.738. The summed E-state index contributed by atoms with van der Waals surface area (Å²) in [5.41, 5.74) is 2.21. The Labute approximate surface area is 167 Å². The molecule has 30 heavy (non-hydrogen) atoms. The summed E-state index contributed by atoms with van der Waals surface area (Å²) in [5, 5.41) is 36.1. The first-order chi connectivity index (χ1) is 14.4. The Bertz CT molecular complexity index is 1110. The quantitative estimate of drug-likeness (QED) is 0.331. The van der Waals surface area contributed by atoms with Gasteiger partial charge in [0.15, 0.2) is 5.75 Å². The molecule has 2 aromatic carbocycles. The average molecular weight is 415 g/mol. The topological polar surface area (TPSA) is 158 Å². The molecular weight excluding hydrogens is 401 g/mol. The third-order valence-corrected chi connectivity index (χ3v) is 3.76. The Morgan fingerprint density at radius 3 is 2.77 bits per heavy atom. The van der Waals surface area contributed by atoms with Crippen LogP contribution < -0.4 is 10.2 Å². The SMILES string of the molecule is COc1c(O)ccc(/C=N\NC(=O)Cn2nnc(-c3ccc(F)cc3)n2)c1[N+](=O)[O-]. The van der Waals surface area contributed by atoms with E-state index in [2.05, 4.69) is 25.9 Å². The van der Waals surface area contributed by atoms with Crippen LogP contribution in [0.15, 0.2) is 41.5 Å². The van der Waals surface area contributed by atoms with Crippen molar-refractivity contribution in [2.45, 2.75) is 6.54 Å². The number of nitro benzene ring substituents is 1. The summed E-state index contributed by atoms with van der Waals surface area (Å²) in [6, 6.07) is 7.88. The number of aromatic nitrogens is 4. The van der Waals surface area contributed by atoms with Crippen molar-refractivity contribution in [2.75, 3.05) is 7.11 Å². The second-order valence-electron chi connectivity index (χ2n) is 5.76. The van der Waals surface area contributed by atoms with Crippen LogP contribution in [-0.2, 0) is 11.3 Å². The van der Waals surface area contributed by atoms with Crippen LogP contribution in [0.25, 0.3) is 11.4 Å². The van der Waals surface area contributed by atoms with Crippen molar-refractivity contribution in [3.63, 3.8) is 0 Å². The largest absolute Gasteiger partial charge is 0.504 e. The number of halogens is 1. The number of rotatable bonds is 7. The highest BCUT2D eigenvalue weighted by atomic mass is 19.1. The summed E-state index contributed by atoms with van der Waals surface area (Å²) in [6.45, 7) is -0.327. The van der Waals surface area contributed by atoms with Crippen LogP contribution in [0.3, 0.4) is 0 Å². The van der Waals surface area contributed by atoms with Gasteiger partial charge in [0, 0.05) is 5.56 Å². The summed E-state index contributed by atoms with van der Waals surface area (Å²) < 4.78 is 17.8. The molecule has 2 N–H and O–H groups in total. The van der Waals surface area contributed by atoms with E-state index < -0.39 is 28.1 Å². The van der Waals surface area contributed by atoms with Gasteiger partial charge in [0.25, 0.3) is 5.91 Å². The first kappa shape index (κ1) is 20.3. The van der Waals surface area contributed by atoms with E-state index in [4.69, 9.17) is 4.74 Å². The molecule has 13 heteroatoms. The van der Waals surface area contributed by atoms with Gasteiger partial charge in [-0.25, -0.2) is 9.82 Å². The molecule has 0 bridgehead atoms. The second kappa shape index (κ2) is 8.72. The number of carbonyl (C=O) groups excluding carboxylic acids is 1. The number of amides is 1. The van der Waals surface area contributed by atoms with Crippen molar-refractivity contribution >= 4 is 17.8 Å². The number of phenols is 1. The number of methoxy groups -OCH3 is 1. The van der Waals surface area contributed by atoms with E-state index in [-0.39, 0.29) is 23.7 Å². The van der Waals surface area contributed by atoms with Crippen molar-refractivity contribution in [3.05, 3.63) is 57.9 Å². The third kappa shape index (κ3) is 4.52. The lowest BCUT2D eigenvalue weighted by Gasteiger charge is -2.06. The summed E-state index contributed by atoms with van der Waals surface area (Å²) in [7, 11) is 1.18. The van der Waals surface area contributed by atoms with E-state index in [9.17, 15) is 24.4 Å². The molecule has 0 saturated heterocycles. The predicted molar refractivity (Wildman–Crippen MR) is 100 cm³/mol. The number of hydrazone groups is 1. The number of hydrogen-bond donors (Lipinski definition) is 2. The number of phenolic OH excluding ortho intramolecular Hbond substituents is 1. The standard InChI is InChI=1S/C17H14FN7O5/c1-30-16-13(26)7-4-11(15(16)25(28)29)8-19-20-14(27)9-24-22-17(21-23-24)10-2-5-12(18)6-3-10/h2-8,26H,9H2,1H3,(H,20,27)/b19-8-. The fraction of sp³-hybridized carbons (Fsp3) is 0.118. The average Bonchev–Trinajstić information content (AvgIpc) is 3.17. The molecule has 0 aliphatic rings. The first-order valence-electron chi connectivity index (χ1n) is 8.29. The first-order valence-corrected chi connectivity index (χ1v) is 8.29. The zero-order valence-corrected chi connectivity index (χ0v) is 15.4. The number of carbonyl (C=O) groups is 1. The van der Waals surface area contributed by atoms with Gasteiger partial charge in [0.2, 0.25) is 11.6 Å². The number of nitro groups is 1. The minimum Gasteiger partial charge on any atom is -0.504 e. The maximum absolute atomic E-state index is 13.0. The van der Waals surface area contributed by atoms with Gasteiger partial charge in [-0.15, -0.1) is 10.2 Å². The van der Waals surface area contributed by atoms with E-state index in [0.29, 0.717) is 5.56 Å². The van der Waals surface area contributed by atoms with Crippen molar-refractivity contribution in [1.29, 1.82) is 0 Å². The number of aromatic hydroxyl groups is 1. The highest BCUT2D eigenvalue weighted by molar-refractivity contribution is 5.89. The smallest absolute Gasteiger partial charge is 0.323 e. The molecule has 3 aromatic rings. The van der Waals surface area contributed by atoms with Crippen molar-refractivity contribution in [2.24, 2.45) is 5.10 Å². The van der Waals surface area contributed by atoms with Gasteiger partial charge in [0.05, 0.1) is 23.8 Å². The predicted octanol–water partition coefficient (Wildman–Crippen LogP) is 1.25. The van der Waals surface area contributed by atoms with Crippen molar-refractivity contribution in [3.8, 4) is 22.9 Å². The van der Waals surface area contributed by atoms with Crippen LogP contribution in [0.4, 0.5) is 10.1 Å². The molecule has 1 amide bonds.